The zero-order valence-corrected chi connectivity index (χ0v) is 18.1. The van der Waals surface area contributed by atoms with Crippen LogP contribution >= 0.6 is 0 Å². The van der Waals surface area contributed by atoms with Crippen molar-refractivity contribution in [3.8, 4) is 17.1 Å². The Kier molecular flexibility index (Phi) is 4.89. The van der Waals surface area contributed by atoms with Crippen LogP contribution in [0.2, 0.25) is 0 Å². The summed E-state index contributed by atoms with van der Waals surface area (Å²) in [5.41, 5.74) is 6.02. The van der Waals surface area contributed by atoms with Gasteiger partial charge in [-0.05, 0) is 36.1 Å². The zero-order valence-electron chi connectivity index (χ0n) is 18.1. The van der Waals surface area contributed by atoms with E-state index in [0.29, 0.717) is 29.5 Å². The number of fused-ring (bicyclic) bond motifs is 1. The topological polar surface area (TPSA) is 94.3 Å². The van der Waals surface area contributed by atoms with Crippen molar-refractivity contribution >= 4 is 11.2 Å². The standard InChI is InChI=1S/C24H23N7O/c1-15(2)19-6-4-5-7-20(19)22-25-13-21-23(28-22)30(24(32)27-21)14-17-8-10-18(11-9-17)31-16(3)12-26-29-31/h4-13,15H,14H2,1-3H3,(H,27,32). The Morgan fingerprint density at radius 2 is 1.81 bits per heavy atom. The molecule has 1 N–H and O–H groups in total. The van der Waals surface area contributed by atoms with Crippen LogP contribution in [0.1, 0.15) is 36.6 Å². The summed E-state index contributed by atoms with van der Waals surface area (Å²) in [6.45, 7) is 6.65. The largest absolute Gasteiger partial charge is 0.328 e. The van der Waals surface area contributed by atoms with Gasteiger partial charge in [-0.2, -0.15) is 0 Å². The van der Waals surface area contributed by atoms with Gasteiger partial charge in [0.05, 0.1) is 30.3 Å². The number of aromatic amines is 1. The van der Waals surface area contributed by atoms with Crippen molar-refractivity contribution in [2.75, 3.05) is 0 Å². The van der Waals surface area contributed by atoms with E-state index in [1.54, 1.807) is 21.6 Å². The lowest BCUT2D eigenvalue weighted by atomic mass is 9.97. The van der Waals surface area contributed by atoms with Crippen molar-refractivity contribution < 1.29 is 0 Å². The Hall–Kier alpha value is -4.07. The number of hydrogen-bond acceptors (Lipinski definition) is 5. The predicted molar refractivity (Wildman–Crippen MR) is 123 cm³/mol. The molecule has 0 aliphatic rings. The fraction of sp³-hybridized carbons (Fsp3) is 0.208. The Morgan fingerprint density at radius 1 is 1.03 bits per heavy atom. The molecule has 160 valence electrons. The minimum Gasteiger partial charge on any atom is -0.303 e. The van der Waals surface area contributed by atoms with Crippen LogP contribution in [0, 0.1) is 6.92 Å². The molecule has 3 heterocycles. The lowest BCUT2D eigenvalue weighted by Gasteiger charge is -2.11. The average molecular weight is 425 g/mol. The highest BCUT2D eigenvalue weighted by Gasteiger charge is 2.15. The molecule has 5 rings (SSSR count). The van der Waals surface area contributed by atoms with Crippen molar-refractivity contribution in [1.82, 2.24) is 34.5 Å². The number of imidazole rings is 1. The predicted octanol–water partition coefficient (Wildman–Crippen LogP) is 3.85. The van der Waals surface area contributed by atoms with E-state index in [4.69, 9.17) is 4.98 Å². The lowest BCUT2D eigenvalue weighted by Crippen LogP contribution is -2.17. The molecule has 0 fully saturated rings. The number of nitrogens with zero attached hydrogens (tertiary/aromatic N) is 6. The molecule has 0 radical (unpaired) electrons. The summed E-state index contributed by atoms with van der Waals surface area (Å²) in [5, 5.41) is 8.02. The molecule has 8 heteroatoms. The molecular formula is C24H23N7O. The maximum Gasteiger partial charge on any atom is 0.328 e. The number of aryl methyl sites for hydroxylation is 1. The first-order chi connectivity index (χ1) is 15.5. The van der Waals surface area contributed by atoms with Crippen LogP contribution in [-0.4, -0.2) is 34.5 Å². The number of rotatable bonds is 5. The van der Waals surface area contributed by atoms with Crippen LogP contribution in [0.3, 0.4) is 0 Å². The van der Waals surface area contributed by atoms with Gasteiger partial charge in [-0.15, -0.1) is 5.10 Å². The molecule has 5 aromatic rings. The second kappa shape index (κ2) is 7.88. The number of hydrogen-bond donors (Lipinski definition) is 1. The molecule has 0 amide bonds. The normalized spacial score (nSPS) is 11.5. The zero-order chi connectivity index (χ0) is 22.2. The molecule has 0 aliphatic carbocycles. The Morgan fingerprint density at radius 3 is 2.53 bits per heavy atom. The highest BCUT2D eigenvalue weighted by molar-refractivity contribution is 5.73. The molecule has 0 saturated carbocycles. The molecule has 0 aliphatic heterocycles. The lowest BCUT2D eigenvalue weighted by molar-refractivity contribution is 0.770. The summed E-state index contributed by atoms with van der Waals surface area (Å²) in [7, 11) is 0. The first kappa shape index (κ1) is 19.9. The Balaban J connectivity index is 1.52. The molecule has 0 atom stereocenters. The minimum absolute atomic E-state index is 0.209. The van der Waals surface area contributed by atoms with Gasteiger partial charge in [-0.1, -0.05) is 55.5 Å². The third-order valence-electron chi connectivity index (χ3n) is 5.58. The minimum atomic E-state index is -0.209. The quantitative estimate of drug-likeness (QED) is 0.462. The van der Waals surface area contributed by atoms with Gasteiger partial charge in [-0.25, -0.2) is 19.4 Å². The molecule has 0 spiro atoms. The monoisotopic (exact) mass is 425 g/mol. The van der Waals surface area contributed by atoms with Gasteiger partial charge >= 0.3 is 5.69 Å². The fourth-order valence-electron chi connectivity index (χ4n) is 3.89. The second-order valence-corrected chi connectivity index (χ2v) is 8.14. The van der Waals surface area contributed by atoms with E-state index < -0.39 is 0 Å². The molecule has 3 aromatic heterocycles. The Labute approximate surface area is 184 Å². The third kappa shape index (κ3) is 3.49. The van der Waals surface area contributed by atoms with Crippen LogP contribution in [0.15, 0.2) is 65.7 Å². The maximum atomic E-state index is 12.7. The Bertz CT molecular complexity index is 1460. The van der Waals surface area contributed by atoms with Gasteiger partial charge < -0.3 is 4.98 Å². The SMILES string of the molecule is Cc1cnnn1-c1ccc(Cn2c(=O)[nH]c3cnc(-c4ccccc4C(C)C)nc32)cc1. The van der Waals surface area contributed by atoms with Crippen LogP contribution in [0.5, 0.6) is 0 Å². The summed E-state index contributed by atoms with van der Waals surface area (Å²) >= 11 is 0. The number of aromatic nitrogens is 7. The first-order valence-electron chi connectivity index (χ1n) is 10.5. The molecule has 0 saturated heterocycles. The smallest absolute Gasteiger partial charge is 0.303 e. The number of benzene rings is 2. The van der Waals surface area contributed by atoms with Crippen molar-refractivity contribution in [3.63, 3.8) is 0 Å². The third-order valence-corrected chi connectivity index (χ3v) is 5.58. The van der Waals surface area contributed by atoms with Crippen molar-refractivity contribution in [2.24, 2.45) is 0 Å². The molecule has 0 bridgehead atoms. The highest BCUT2D eigenvalue weighted by Crippen LogP contribution is 2.27. The van der Waals surface area contributed by atoms with Gasteiger partial charge in [0.2, 0.25) is 0 Å². The summed E-state index contributed by atoms with van der Waals surface area (Å²) in [6.07, 6.45) is 3.40. The van der Waals surface area contributed by atoms with Crippen LogP contribution < -0.4 is 5.69 Å². The van der Waals surface area contributed by atoms with Crippen molar-refractivity contribution in [3.05, 3.63) is 88.2 Å². The van der Waals surface area contributed by atoms with E-state index in [1.165, 1.54) is 5.56 Å². The van der Waals surface area contributed by atoms with Crippen molar-refractivity contribution in [1.29, 1.82) is 0 Å². The summed E-state index contributed by atoms with van der Waals surface area (Å²) in [6, 6.07) is 16.0. The second-order valence-electron chi connectivity index (χ2n) is 8.14. The fourth-order valence-corrected chi connectivity index (χ4v) is 3.89. The van der Waals surface area contributed by atoms with Crippen molar-refractivity contribution in [2.45, 2.75) is 33.2 Å². The molecular weight excluding hydrogens is 402 g/mol. The summed E-state index contributed by atoms with van der Waals surface area (Å²) in [5.74, 6) is 0.956. The van der Waals surface area contributed by atoms with E-state index in [2.05, 4.69) is 40.2 Å². The van der Waals surface area contributed by atoms with Crippen LogP contribution in [0.25, 0.3) is 28.2 Å². The average Bonchev–Trinajstić information content (AvgIpc) is 3.36. The molecule has 2 aromatic carbocycles. The molecule has 8 nitrogen and oxygen atoms in total. The van der Waals surface area contributed by atoms with E-state index in [1.807, 2.05) is 49.4 Å². The van der Waals surface area contributed by atoms with Crippen LogP contribution in [0.4, 0.5) is 0 Å². The van der Waals surface area contributed by atoms with Gasteiger partial charge in [0.1, 0.15) is 5.52 Å². The van der Waals surface area contributed by atoms with Gasteiger partial charge in [-0.3, -0.25) is 4.57 Å². The van der Waals surface area contributed by atoms with E-state index in [-0.39, 0.29) is 5.69 Å². The van der Waals surface area contributed by atoms with Crippen LogP contribution in [-0.2, 0) is 6.54 Å². The van der Waals surface area contributed by atoms with E-state index >= 15 is 0 Å². The van der Waals surface area contributed by atoms with Gasteiger partial charge in [0.15, 0.2) is 11.5 Å². The van der Waals surface area contributed by atoms with Gasteiger partial charge in [0.25, 0.3) is 0 Å². The first-order valence-corrected chi connectivity index (χ1v) is 10.5. The highest BCUT2D eigenvalue weighted by atomic mass is 16.1. The maximum absolute atomic E-state index is 12.7. The van der Waals surface area contributed by atoms with E-state index in [0.717, 1.165) is 22.5 Å². The number of H-pyrrole nitrogens is 1. The summed E-state index contributed by atoms with van der Waals surface area (Å²) < 4.78 is 3.42. The number of nitrogens with one attached hydrogen (secondary N) is 1. The molecule has 0 unspecified atom stereocenters. The molecule has 32 heavy (non-hydrogen) atoms. The summed E-state index contributed by atoms with van der Waals surface area (Å²) in [4.78, 5) is 24.8. The van der Waals surface area contributed by atoms with E-state index in [9.17, 15) is 4.79 Å². The van der Waals surface area contributed by atoms with Gasteiger partial charge in [0, 0.05) is 5.56 Å².